The molecule has 0 aliphatic rings. The summed E-state index contributed by atoms with van der Waals surface area (Å²) in [6.07, 6.45) is 27.1. The molecule has 0 spiro atoms. The normalized spacial score (nSPS) is 12.0. The van der Waals surface area contributed by atoms with Gasteiger partial charge in [0.05, 0.1) is 0 Å². The lowest BCUT2D eigenvalue weighted by Crippen LogP contribution is -1.86. The Morgan fingerprint density at radius 3 is 2.00 bits per heavy atom. The summed E-state index contributed by atoms with van der Waals surface area (Å²) in [5.74, 6) is 0.359. The molecule has 0 unspecified atom stereocenters. The fourth-order valence-electron chi connectivity index (χ4n) is 2.79. The van der Waals surface area contributed by atoms with Crippen molar-refractivity contribution in [2.45, 2.75) is 77.6 Å². The van der Waals surface area contributed by atoms with Gasteiger partial charge >= 0.3 is 0 Å². The molecule has 1 N–H and O–H groups in total. The molecule has 0 saturated heterocycles. The molecule has 1 heteroatoms. The third-order valence-corrected chi connectivity index (χ3v) is 4.31. The van der Waals surface area contributed by atoms with Crippen LogP contribution in [0.2, 0.25) is 0 Å². The van der Waals surface area contributed by atoms with Gasteiger partial charge in [-0.05, 0) is 62.6 Å². The highest BCUT2D eigenvalue weighted by Crippen LogP contribution is 2.14. The van der Waals surface area contributed by atoms with E-state index in [1.54, 1.807) is 12.1 Å². The standard InChI is InChI=1S/C24H36O/c1-2-3-4-5-6-7-8-9-10-11-12-13-14-15-16-17-18-23-19-21-24(25)22-20-23/h3-4,7-10,19-22,25H,2,5-6,11-18H2,1H3. The minimum absolute atomic E-state index is 0.359. The number of phenolic OH excluding ortho intramolecular Hbond substituents is 1. The smallest absolute Gasteiger partial charge is 0.115 e. The third-order valence-electron chi connectivity index (χ3n) is 4.31. The lowest BCUT2D eigenvalue weighted by atomic mass is 10.0. The summed E-state index contributed by atoms with van der Waals surface area (Å²) < 4.78 is 0. The van der Waals surface area contributed by atoms with Gasteiger partial charge in [-0.25, -0.2) is 0 Å². The number of unbranched alkanes of at least 4 members (excludes halogenated alkanes) is 7. The van der Waals surface area contributed by atoms with Gasteiger partial charge in [0, 0.05) is 0 Å². The van der Waals surface area contributed by atoms with Crippen LogP contribution in [0.3, 0.4) is 0 Å². The third kappa shape index (κ3) is 13.2. The molecule has 138 valence electrons. The first-order chi connectivity index (χ1) is 12.3. The van der Waals surface area contributed by atoms with Gasteiger partial charge in [-0.1, -0.05) is 81.2 Å². The Labute approximate surface area is 155 Å². The van der Waals surface area contributed by atoms with Crippen LogP contribution in [0.4, 0.5) is 0 Å². The Morgan fingerprint density at radius 2 is 1.28 bits per heavy atom. The monoisotopic (exact) mass is 340 g/mol. The molecule has 0 radical (unpaired) electrons. The summed E-state index contributed by atoms with van der Waals surface area (Å²) in [4.78, 5) is 0. The first-order valence-corrected chi connectivity index (χ1v) is 10.1. The van der Waals surface area contributed by atoms with Gasteiger partial charge in [0.1, 0.15) is 5.75 Å². The Bertz CT molecular complexity index is 493. The van der Waals surface area contributed by atoms with E-state index < -0.39 is 0 Å². The van der Waals surface area contributed by atoms with Crippen molar-refractivity contribution in [3.63, 3.8) is 0 Å². The molecule has 0 amide bonds. The topological polar surface area (TPSA) is 20.2 Å². The van der Waals surface area contributed by atoms with Crippen LogP contribution < -0.4 is 0 Å². The average Bonchev–Trinajstić information content (AvgIpc) is 2.63. The van der Waals surface area contributed by atoms with Gasteiger partial charge in [-0.2, -0.15) is 0 Å². The molecule has 0 aliphatic heterocycles. The molecule has 0 aromatic heterocycles. The molecule has 25 heavy (non-hydrogen) atoms. The Hall–Kier alpha value is -1.76. The summed E-state index contributed by atoms with van der Waals surface area (Å²) in [5, 5.41) is 9.26. The van der Waals surface area contributed by atoms with Crippen molar-refractivity contribution in [2.75, 3.05) is 0 Å². The zero-order chi connectivity index (χ0) is 18.0. The molecule has 0 aliphatic carbocycles. The van der Waals surface area contributed by atoms with Crippen LogP contribution in [0.5, 0.6) is 5.75 Å². The second kappa shape index (κ2) is 15.7. The van der Waals surface area contributed by atoms with Crippen LogP contribution in [-0.2, 0) is 6.42 Å². The number of aromatic hydroxyl groups is 1. The highest BCUT2D eigenvalue weighted by atomic mass is 16.3. The first kappa shape index (κ1) is 21.3. The number of allylic oxidation sites excluding steroid dienone is 6. The van der Waals surface area contributed by atoms with Crippen molar-refractivity contribution in [1.29, 1.82) is 0 Å². The van der Waals surface area contributed by atoms with Gasteiger partial charge < -0.3 is 5.11 Å². The number of aryl methyl sites for hydroxylation is 1. The average molecular weight is 341 g/mol. The lowest BCUT2D eigenvalue weighted by molar-refractivity contribution is 0.475. The minimum atomic E-state index is 0.359. The predicted molar refractivity (Wildman–Crippen MR) is 111 cm³/mol. The molecular formula is C24H36O. The van der Waals surface area contributed by atoms with Crippen LogP contribution in [-0.4, -0.2) is 5.11 Å². The van der Waals surface area contributed by atoms with Crippen molar-refractivity contribution in [2.24, 2.45) is 0 Å². The maximum absolute atomic E-state index is 9.26. The molecule has 0 fully saturated rings. The van der Waals surface area contributed by atoms with Crippen LogP contribution in [0.25, 0.3) is 0 Å². The number of rotatable bonds is 14. The van der Waals surface area contributed by atoms with Crippen LogP contribution in [0.1, 0.15) is 76.7 Å². The van der Waals surface area contributed by atoms with E-state index in [2.05, 4.69) is 43.4 Å². The number of benzene rings is 1. The fraction of sp³-hybridized carbons (Fsp3) is 0.500. The molecule has 0 heterocycles. The second-order valence-corrected chi connectivity index (χ2v) is 6.64. The van der Waals surface area contributed by atoms with Crippen LogP contribution in [0, 0.1) is 0 Å². The summed E-state index contributed by atoms with van der Waals surface area (Å²) in [7, 11) is 0. The first-order valence-electron chi connectivity index (χ1n) is 10.1. The van der Waals surface area contributed by atoms with Crippen molar-refractivity contribution in [1.82, 2.24) is 0 Å². The Morgan fingerprint density at radius 1 is 0.680 bits per heavy atom. The van der Waals surface area contributed by atoms with E-state index in [0.717, 1.165) is 25.7 Å². The zero-order valence-corrected chi connectivity index (χ0v) is 16.0. The van der Waals surface area contributed by atoms with Gasteiger partial charge in [0.25, 0.3) is 0 Å². The molecule has 1 aromatic carbocycles. The number of phenols is 1. The summed E-state index contributed by atoms with van der Waals surface area (Å²) >= 11 is 0. The van der Waals surface area contributed by atoms with E-state index >= 15 is 0 Å². The second-order valence-electron chi connectivity index (χ2n) is 6.64. The molecule has 1 rings (SSSR count). The maximum Gasteiger partial charge on any atom is 0.115 e. The molecule has 1 nitrogen and oxygen atoms in total. The fourth-order valence-corrected chi connectivity index (χ4v) is 2.79. The summed E-state index contributed by atoms with van der Waals surface area (Å²) in [6, 6.07) is 7.61. The molecular weight excluding hydrogens is 304 g/mol. The Kier molecular flexibility index (Phi) is 13.4. The van der Waals surface area contributed by atoms with Gasteiger partial charge in [0.2, 0.25) is 0 Å². The van der Waals surface area contributed by atoms with E-state index in [9.17, 15) is 5.11 Å². The maximum atomic E-state index is 9.26. The van der Waals surface area contributed by atoms with E-state index in [0.29, 0.717) is 5.75 Å². The van der Waals surface area contributed by atoms with Gasteiger partial charge in [-0.15, -0.1) is 0 Å². The van der Waals surface area contributed by atoms with Gasteiger partial charge in [-0.3, -0.25) is 0 Å². The summed E-state index contributed by atoms with van der Waals surface area (Å²) in [5.41, 5.74) is 1.33. The van der Waals surface area contributed by atoms with Gasteiger partial charge in [0.15, 0.2) is 0 Å². The van der Waals surface area contributed by atoms with E-state index in [1.165, 1.54) is 50.5 Å². The number of hydrogen-bond acceptors (Lipinski definition) is 1. The Balaban J connectivity index is 1.86. The number of hydrogen-bond donors (Lipinski definition) is 1. The van der Waals surface area contributed by atoms with Crippen molar-refractivity contribution < 1.29 is 5.11 Å². The molecule has 1 aromatic rings. The molecule has 0 saturated carbocycles. The SMILES string of the molecule is CCC=CCCC=CC=CCCCCCCCCc1ccc(O)cc1. The summed E-state index contributed by atoms with van der Waals surface area (Å²) in [6.45, 7) is 2.17. The van der Waals surface area contributed by atoms with E-state index in [4.69, 9.17) is 0 Å². The highest BCUT2D eigenvalue weighted by Gasteiger charge is 1.95. The van der Waals surface area contributed by atoms with Crippen molar-refractivity contribution >= 4 is 0 Å². The van der Waals surface area contributed by atoms with Crippen LogP contribution in [0.15, 0.2) is 60.7 Å². The zero-order valence-electron chi connectivity index (χ0n) is 16.0. The molecule has 0 atom stereocenters. The van der Waals surface area contributed by atoms with Crippen molar-refractivity contribution in [3.05, 3.63) is 66.3 Å². The predicted octanol–water partition coefficient (Wildman–Crippen LogP) is 7.52. The van der Waals surface area contributed by atoms with E-state index in [-0.39, 0.29) is 0 Å². The minimum Gasteiger partial charge on any atom is -0.508 e. The highest BCUT2D eigenvalue weighted by molar-refractivity contribution is 5.25. The van der Waals surface area contributed by atoms with Crippen molar-refractivity contribution in [3.8, 4) is 5.75 Å². The quantitative estimate of drug-likeness (QED) is 0.211. The van der Waals surface area contributed by atoms with Crippen LogP contribution >= 0.6 is 0 Å². The molecule has 0 bridgehead atoms. The lowest BCUT2D eigenvalue weighted by Gasteiger charge is -2.02. The van der Waals surface area contributed by atoms with E-state index in [1.807, 2.05) is 12.1 Å². The largest absolute Gasteiger partial charge is 0.508 e.